The number of carbonyl (C=O) groups excluding carboxylic acids is 1. The molecule has 1 aromatic heterocycles. The minimum atomic E-state index is -4.16. The average molecular weight is 528 g/mol. The van der Waals surface area contributed by atoms with Gasteiger partial charge in [-0.1, -0.05) is 30.1 Å². The first-order chi connectivity index (χ1) is 16.1. The van der Waals surface area contributed by atoms with Crippen LogP contribution in [0, 0.1) is 17.2 Å². The van der Waals surface area contributed by atoms with Crippen molar-refractivity contribution in [2.45, 2.75) is 49.6 Å². The number of nitrogen functional groups attached to an aromatic ring is 1. The number of likely N-dealkylation sites (tertiary alicyclic amines) is 1. The number of aromatic nitrogens is 2. The van der Waals surface area contributed by atoms with Gasteiger partial charge in [0, 0.05) is 25.5 Å². The van der Waals surface area contributed by atoms with Gasteiger partial charge in [0.2, 0.25) is 15.9 Å². The molecule has 0 aliphatic carbocycles. The Labute approximate surface area is 208 Å². The highest BCUT2D eigenvalue weighted by atomic mass is 35.5. The number of anilines is 2. The number of imidazole rings is 1. The van der Waals surface area contributed by atoms with Crippen LogP contribution in [0.4, 0.5) is 11.6 Å². The summed E-state index contributed by atoms with van der Waals surface area (Å²) >= 11 is 12.0. The van der Waals surface area contributed by atoms with E-state index in [2.05, 4.69) is 26.1 Å². The molecule has 10 nitrogen and oxygen atoms in total. The fourth-order valence-corrected chi connectivity index (χ4v) is 5.70. The number of piperidine rings is 1. The molecular formula is C21H27Cl2N7O3S. The molecule has 0 bridgehead atoms. The summed E-state index contributed by atoms with van der Waals surface area (Å²) in [6, 6.07) is 2.86. The number of halogens is 2. The van der Waals surface area contributed by atoms with Crippen LogP contribution in [0.3, 0.4) is 0 Å². The number of nitriles is 1. The Morgan fingerprint density at radius 1 is 1.41 bits per heavy atom. The number of hydrogen-bond acceptors (Lipinski definition) is 7. The Bertz CT molecular complexity index is 1130. The number of nitrogens with two attached hydrogens (primary N) is 1. The number of carbonyl (C=O) groups is 1. The first-order valence-corrected chi connectivity index (χ1v) is 13.1. The summed E-state index contributed by atoms with van der Waals surface area (Å²) in [7, 11) is -4.16. The van der Waals surface area contributed by atoms with Crippen LogP contribution in [0.15, 0.2) is 29.4 Å². The molecule has 0 spiro atoms. The Morgan fingerprint density at radius 2 is 2.12 bits per heavy atom. The van der Waals surface area contributed by atoms with Crippen LogP contribution in [0.2, 0.25) is 10.0 Å². The summed E-state index contributed by atoms with van der Waals surface area (Å²) in [5.74, 6) is 0.442. The van der Waals surface area contributed by atoms with Crippen LogP contribution in [-0.2, 0) is 14.8 Å². The summed E-state index contributed by atoms with van der Waals surface area (Å²) in [6.45, 7) is 2.87. The van der Waals surface area contributed by atoms with Crippen molar-refractivity contribution in [2.24, 2.45) is 5.92 Å². The first-order valence-electron chi connectivity index (χ1n) is 10.8. The van der Waals surface area contributed by atoms with E-state index in [0.29, 0.717) is 37.8 Å². The second-order valence-electron chi connectivity index (χ2n) is 8.29. The number of amides is 1. The van der Waals surface area contributed by atoms with Crippen molar-refractivity contribution in [2.75, 3.05) is 24.1 Å². The van der Waals surface area contributed by atoms with Gasteiger partial charge in [0.15, 0.2) is 5.95 Å². The molecule has 184 valence electrons. The van der Waals surface area contributed by atoms with E-state index in [1.165, 1.54) is 17.0 Å². The van der Waals surface area contributed by atoms with E-state index < -0.39 is 28.0 Å². The zero-order valence-corrected chi connectivity index (χ0v) is 20.9. The van der Waals surface area contributed by atoms with Gasteiger partial charge in [0.05, 0.1) is 26.7 Å². The highest BCUT2D eigenvalue weighted by molar-refractivity contribution is 7.89. The monoisotopic (exact) mass is 527 g/mol. The molecule has 2 aromatic rings. The van der Waals surface area contributed by atoms with Crippen LogP contribution in [0.25, 0.3) is 0 Å². The molecule has 0 radical (unpaired) electrons. The normalized spacial score (nSPS) is 19.4. The fraction of sp³-hybridized carbons (Fsp3) is 0.476. The lowest BCUT2D eigenvalue weighted by atomic mass is 9.92. The third-order valence-corrected chi connectivity index (χ3v) is 7.79. The topological polar surface area (TPSA) is 157 Å². The number of nitrogens with one attached hydrogen (secondary N) is 3. The van der Waals surface area contributed by atoms with E-state index in [-0.39, 0.29) is 27.0 Å². The molecule has 0 saturated carbocycles. The van der Waals surface area contributed by atoms with Crippen LogP contribution >= 0.6 is 23.2 Å². The smallest absolute Gasteiger partial charge is 0.241 e. The second kappa shape index (κ2) is 11.3. The van der Waals surface area contributed by atoms with E-state index in [1.54, 1.807) is 12.4 Å². The largest absolute Gasteiger partial charge is 0.396 e. The van der Waals surface area contributed by atoms with Gasteiger partial charge < -0.3 is 20.9 Å². The summed E-state index contributed by atoms with van der Waals surface area (Å²) in [5.41, 5.74) is 5.79. The predicted molar refractivity (Wildman–Crippen MR) is 131 cm³/mol. The minimum absolute atomic E-state index is 0.00652. The van der Waals surface area contributed by atoms with E-state index in [9.17, 15) is 18.5 Å². The predicted octanol–water partition coefficient (Wildman–Crippen LogP) is 2.99. The van der Waals surface area contributed by atoms with Crippen molar-refractivity contribution in [3.63, 3.8) is 0 Å². The van der Waals surface area contributed by atoms with E-state index >= 15 is 0 Å². The molecule has 2 unspecified atom stereocenters. The van der Waals surface area contributed by atoms with Crippen molar-refractivity contribution in [3.8, 4) is 6.07 Å². The second-order valence-corrected chi connectivity index (χ2v) is 10.8. The maximum Gasteiger partial charge on any atom is 0.241 e. The fourth-order valence-electron chi connectivity index (χ4n) is 3.81. The number of nitrogens with zero attached hydrogens (tertiary/aromatic N) is 3. The number of sulfonamides is 1. The average Bonchev–Trinajstić information content (AvgIpc) is 3.32. The number of aromatic amines is 1. The Kier molecular flexibility index (Phi) is 8.65. The van der Waals surface area contributed by atoms with Crippen molar-refractivity contribution in [1.29, 1.82) is 5.26 Å². The molecule has 5 N–H and O–H groups in total. The van der Waals surface area contributed by atoms with Crippen molar-refractivity contribution in [1.82, 2.24) is 19.6 Å². The van der Waals surface area contributed by atoms with Gasteiger partial charge in [0.25, 0.3) is 0 Å². The lowest BCUT2D eigenvalue weighted by Gasteiger charge is -2.36. The molecule has 34 heavy (non-hydrogen) atoms. The minimum Gasteiger partial charge on any atom is -0.396 e. The summed E-state index contributed by atoms with van der Waals surface area (Å²) in [5, 5.41) is 12.6. The summed E-state index contributed by atoms with van der Waals surface area (Å²) < 4.78 is 28.8. The number of benzene rings is 1. The maximum absolute atomic E-state index is 13.4. The molecule has 1 aromatic carbocycles. The SMILES string of the molecule is CC1CCN(C(=O)[C@H](CCCNc2ncc[nH]2)NS(=O)(=O)c2cc(Cl)c(N)c(Cl)c2)C(C#N)C1. The number of rotatable bonds is 9. The number of H-pyrrole nitrogens is 1. The zero-order valence-electron chi connectivity index (χ0n) is 18.6. The zero-order chi connectivity index (χ0) is 24.9. The van der Waals surface area contributed by atoms with Gasteiger partial charge in [-0.2, -0.15) is 9.98 Å². The number of hydrogen-bond donors (Lipinski definition) is 4. The molecule has 2 heterocycles. The summed E-state index contributed by atoms with van der Waals surface area (Å²) in [6.07, 6.45) is 5.23. The highest BCUT2D eigenvalue weighted by Gasteiger charge is 2.35. The van der Waals surface area contributed by atoms with Gasteiger partial charge in [-0.25, -0.2) is 13.4 Å². The van der Waals surface area contributed by atoms with Gasteiger partial charge in [0.1, 0.15) is 12.1 Å². The van der Waals surface area contributed by atoms with Crippen molar-refractivity contribution in [3.05, 3.63) is 34.6 Å². The lowest BCUT2D eigenvalue weighted by Crippen LogP contribution is -2.54. The van der Waals surface area contributed by atoms with Gasteiger partial charge in [-0.3, -0.25) is 4.79 Å². The Hall–Kier alpha value is -2.52. The third-order valence-electron chi connectivity index (χ3n) is 5.72. The molecule has 1 aliphatic rings. The van der Waals surface area contributed by atoms with Gasteiger partial charge in [-0.15, -0.1) is 0 Å². The molecule has 13 heteroatoms. The Balaban J connectivity index is 1.80. The first kappa shape index (κ1) is 26.1. The van der Waals surface area contributed by atoms with Crippen LogP contribution in [0.1, 0.15) is 32.6 Å². The molecule has 1 saturated heterocycles. The van der Waals surface area contributed by atoms with E-state index in [0.717, 1.165) is 6.42 Å². The molecule has 1 fully saturated rings. The van der Waals surface area contributed by atoms with Crippen LogP contribution < -0.4 is 15.8 Å². The Morgan fingerprint density at radius 3 is 2.74 bits per heavy atom. The molecular weight excluding hydrogens is 501 g/mol. The standard InChI is InChI=1S/C21H27Cl2N7O3S/c1-13-4-8-30(14(9-13)12-24)20(31)18(3-2-5-26-21-27-6-7-28-21)29-34(32,33)15-10-16(22)19(25)17(23)11-15/h6-7,10-11,13-14,18,29H,2-5,8-9,25H2,1H3,(H2,26,27,28)/t13?,14?,18-/m0/s1. The summed E-state index contributed by atoms with van der Waals surface area (Å²) in [4.78, 5) is 21.7. The molecule has 1 amide bonds. The molecule has 3 rings (SSSR count). The van der Waals surface area contributed by atoms with E-state index in [4.69, 9.17) is 28.9 Å². The van der Waals surface area contributed by atoms with E-state index in [1.807, 2.05) is 6.92 Å². The quantitative estimate of drug-likeness (QED) is 0.288. The van der Waals surface area contributed by atoms with Gasteiger partial charge >= 0.3 is 0 Å². The van der Waals surface area contributed by atoms with Gasteiger partial charge in [-0.05, 0) is 43.7 Å². The molecule has 1 aliphatic heterocycles. The van der Waals surface area contributed by atoms with Crippen molar-refractivity contribution < 1.29 is 13.2 Å². The maximum atomic E-state index is 13.4. The highest BCUT2D eigenvalue weighted by Crippen LogP contribution is 2.31. The molecule has 3 atom stereocenters. The van der Waals surface area contributed by atoms with Crippen LogP contribution in [-0.4, -0.2) is 54.4 Å². The third kappa shape index (κ3) is 6.33. The lowest BCUT2D eigenvalue weighted by molar-refractivity contribution is -0.136. The van der Waals surface area contributed by atoms with Crippen molar-refractivity contribution >= 4 is 50.8 Å². The van der Waals surface area contributed by atoms with Crippen LogP contribution in [0.5, 0.6) is 0 Å².